The van der Waals surface area contributed by atoms with Crippen molar-refractivity contribution in [3.63, 3.8) is 0 Å². The molecule has 0 saturated heterocycles. The minimum atomic E-state index is 0.414. The van der Waals surface area contributed by atoms with Gasteiger partial charge in [0.25, 0.3) is 0 Å². The molecule has 0 bridgehead atoms. The fraction of sp³-hybridized carbons (Fsp3) is 0.789. The third-order valence-electron chi connectivity index (χ3n) is 4.11. The second kappa shape index (κ2) is 10.5. The summed E-state index contributed by atoms with van der Waals surface area (Å²) in [5.74, 6) is 0. The molecule has 1 aliphatic carbocycles. The minimum absolute atomic E-state index is 0.414. The molecule has 0 amide bonds. The van der Waals surface area contributed by atoms with Gasteiger partial charge in [0.1, 0.15) is 0 Å². The van der Waals surface area contributed by atoms with Crippen LogP contribution < -0.4 is 0 Å². The summed E-state index contributed by atoms with van der Waals surface area (Å²) in [6, 6.07) is 0. The molecule has 0 aromatic rings. The smallest absolute Gasteiger partial charge is 0.0145 e. The lowest BCUT2D eigenvalue weighted by Gasteiger charge is -2.23. The van der Waals surface area contributed by atoms with Gasteiger partial charge < -0.3 is 0 Å². The van der Waals surface area contributed by atoms with Gasteiger partial charge >= 0.3 is 0 Å². The van der Waals surface area contributed by atoms with Crippen LogP contribution in [0.3, 0.4) is 0 Å². The van der Waals surface area contributed by atoms with E-state index >= 15 is 0 Å². The Labute approximate surface area is 131 Å². The number of thioether (sulfide) groups is 1. The quantitative estimate of drug-likeness (QED) is 0.302. The summed E-state index contributed by atoms with van der Waals surface area (Å²) >= 11 is 2.06. The van der Waals surface area contributed by atoms with Gasteiger partial charge in [-0.3, -0.25) is 0 Å². The normalized spacial score (nSPS) is 17.9. The second-order valence-electron chi connectivity index (χ2n) is 6.74. The summed E-state index contributed by atoms with van der Waals surface area (Å²) in [5, 5.41) is 2.45. The molecule has 0 aliphatic heterocycles. The molecule has 0 nitrogen and oxygen atoms in total. The highest BCUT2D eigenvalue weighted by atomic mass is 32.2. The van der Waals surface area contributed by atoms with Gasteiger partial charge in [-0.25, -0.2) is 0 Å². The lowest BCUT2D eigenvalue weighted by atomic mass is 10.0. The van der Waals surface area contributed by atoms with Gasteiger partial charge in [0.15, 0.2) is 0 Å². The van der Waals surface area contributed by atoms with Gasteiger partial charge in [-0.2, -0.15) is 0 Å². The van der Waals surface area contributed by atoms with Crippen molar-refractivity contribution in [1.29, 1.82) is 0 Å². The Bertz CT molecular complexity index is 299. The monoisotopic (exact) mass is 294 g/mol. The summed E-state index contributed by atoms with van der Waals surface area (Å²) in [6.07, 6.45) is 19.6. The first-order chi connectivity index (χ1) is 9.64. The highest BCUT2D eigenvalue weighted by molar-refractivity contribution is 8.03. The van der Waals surface area contributed by atoms with Crippen LogP contribution in [0.1, 0.15) is 91.4 Å². The zero-order valence-corrected chi connectivity index (χ0v) is 14.7. The molecular weight excluding hydrogens is 260 g/mol. The van der Waals surface area contributed by atoms with Gasteiger partial charge in [-0.15, -0.1) is 11.8 Å². The Hall–Kier alpha value is -0.170. The van der Waals surface area contributed by atoms with Crippen molar-refractivity contribution in [2.24, 2.45) is 0 Å². The van der Waals surface area contributed by atoms with Crippen LogP contribution in [0.2, 0.25) is 0 Å². The number of hydrogen-bond donors (Lipinski definition) is 0. The van der Waals surface area contributed by atoms with E-state index in [1.54, 1.807) is 5.57 Å². The molecule has 0 fully saturated rings. The number of hydrogen-bond acceptors (Lipinski definition) is 1. The molecular formula is C19H34S. The summed E-state index contributed by atoms with van der Waals surface area (Å²) in [6.45, 7) is 7.10. The van der Waals surface area contributed by atoms with Crippen LogP contribution in [0.5, 0.6) is 0 Å². The molecule has 1 heteroatoms. The molecule has 0 unspecified atom stereocenters. The summed E-state index contributed by atoms with van der Waals surface area (Å²) in [5.41, 5.74) is 1.63. The molecule has 0 radical (unpaired) electrons. The topological polar surface area (TPSA) is 0 Å². The van der Waals surface area contributed by atoms with E-state index in [9.17, 15) is 0 Å². The zero-order valence-electron chi connectivity index (χ0n) is 13.9. The first kappa shape index (κ1) is 17.9. The largest absolute Gasteiger partial charge is 0.128 e. The minimum Gasteiger partial charge on any atom is -0.128 e. The molecule has 0 N–H and O–H groups in total. The SMILES string of the molecule is CCCCCCCCCC(C)(C)SC=C1CC=CCC1. The average molecular weight is 295 g/mol. The van der Waals surface area contributed by atoms with Gasteiger partial charge in [0.2, 0.25) is 0 Å². The maximum atomic E-state index is 2.45. The molecule has 116 valence electrons. The first-order valence-electron chi connectivity index (χ1n) is 8.65. The maximum absolute atomic E-state index is 2.45. The molecule has 0 aromatic carbocycles. The molecule has 0 aromatic heterocycles. The van der Waals surface area contributed by atoms with Gasteiger partial charge in [-0.1, -0.05) is 83.4 Å². The molecule has 1 aliphatic rings. The maximum Gasteiger partial charge on any atom is 0.0145 e. The van der Waals surface area contributed by atoms with Crippen LogP contribution in [-0.2, 0) is 0 Å². The van der Waals surface area contributed by atoms with E-state index in [-0.39, 0.29) is 0 Å². The summed E-state index contributed by atoms with van der Waals surface area (Å²) in [7, 11) is 0. The predicted molar refractivity (Wildman–Crippen MR) is 95.4 cm³/mol. The number of allylic oxidation sites excluding steroid dienone is 3. The van der Waals surface area contributed by atoms with Crippen LogP contribution in [0, 0.1) is 0 Å². The van der Waals surface area contributed by atoms with E-state index < -0.39 is 0 Å². The molecule has 0 saturated carbocycles. The van der Waals surface area contributed by atoms with Gasteiger partial charge in [-0.05, 0) is 31.1 Å². The van der Waals surface area contributed by atoms with E-state index in [2.05, 4.69) is 50.1 Å². The summed E-state index contributed by atoms with van der Waals surface area (Å²) in [4.78, 5) is 0. The third kappa shape index (κ3) is 8.89. The Morgan fingerprint density at radius 2 is 1.75 bits per heavy atom. The van der Waals surface area contributed by atoms with E-state index in [1.807, 2.05) is 0 Å². The molecule has 0 spiro atoms. The first-order valence-corrected chi connectivity index (χ1v) is 9.53. The van der Waals surface area contributed by atoms with Gasteiger partial charge in [0, 0.05) is 4.75 Å². The number of rotatable bonds is 10. The standard InChI is InChI=1S/C19H34S/c1-4-5-6-7-8-9-13-16-19(2,3)20-17-18-14-11-10-12-15-18/h10-11,17H,4-9,12-16H2,1-3H3. The Balaban J connectivity index is 2.09. The average Bonchev–Trinajstić information content (AvgIpc) is 2.45. The fourth-order valence-electron chi connectivity index (χ4n) is 2.64. The Morgan fingerprint density at radius 1 is 1.05 bits per heavy atom. The fourth-order valence-corrected chi connectivity index (χ4v) is 3.60. The molecule has 1 rings (SSSR count). The van der Waals surface area contributed by atoms with Crippen LogP contribution in [0.4, 0.5) is 0 Å². The van der Waals surface area contributed by atoms with Crippen LogP contribution in [0.15, 0.2) is 23.1 Å². The lowest BCUT2D eigenvalue weighted by molar-refractivity contribution is 0.537. The zero-order chi connectivity index (χ0) is 14.7. The second-order valence-corrected chi connectivity index (χ2v) is 8.32. The van der Waals surface area contributed by atoms with Crippen molar-refractivity contribution < 1.29 is 0 Å². The highest BCUT2D eigenvalue weighted by Gasteiger charge is 2.17. The van der Waals surface area contributed by atoms with E-state index in [1.165, 1.54) is 70.6 Å². The highest BCUT2D eigenvalue weighted by Crippen LogP contribution is 2.33. The Kier molecular flexibility index (Phi) is 9.42. The van der Waals surface area contributed by atoms with Crippen molar-refractivity contribution in [3.05, 3.63) is 23.1 Å². The van der Waals surface area contributed by atoms with Crippen molar-refractivity contribution in [2.75, 3.05) is 0 Å². The van der Waals surface area contributed by atoms with Crippen molar-refractivity contribution >= 4 is 11.8 Å². The predicted octanol–water partition coefficient (Wildman–Crippen LogP) is 7.26. The molecule has 0 atom stereocenters. The van der Waals surface area contributed by atoms with E-state index in [0.717, 1.165) is 0 Å². The lowest BCUT2D eigenvalue weighted by Crippen LogP contribution is -2.13. The Morgan fingerprint density at radius 3 is 2.40 bits per heavy atom. The molecule has 0 heterocycles. The van der Waals surface area contributed by atoms with Gasteiger partial charge in [0.05, 0.1) is 0 Å². The van der Waals surface area contributed by atoms with E-state index in [4.69, 9.17) is 0 Å². The van der Waals surface area contributed by atoms with Crippen molar-refractivity contribution in [1.82, 2.24) is 0 Å². The van der Waals surface area contributed by atoms with Crippen molar-refractivity contribution in [2.45, 2.75) is 96.1 Å². The van der Waals surface area contributed by atoms with Crippen LogP contribution in [-0.4, -0.2) is 4.75 Å². The third-order valence-corrected chi connectivity index (χ3v) is 5.40. The van der Waals surface area contributed by atoms with Crippen LogP contribution in [0.25, 0.3) is 0 Å². The van der Waals surface area contributed by atoms with E-state index in [0.29, 0.717) is 4.75 Å². The van der Waals surface area contributed by atoms with Crippen molar-refractivity contribution in [3.8, 4) is 0 Å². The molecule has 20 heavy (non-hydrogen) atoms. The summed E-state index contributed by atoms with van der Waals surface area (Å²) < 4.78 is 0.414. The number of unbranched alkanes of at least 4 members (excludes halogenated alkanes) is 6. The van der Waals surface area contributed by atoms with Crippen LogP contribution >= 0.6 is 11.8 Å².